The zero-order valence-corrected chi connectivity index (χ0v) is 27.8. The third kappa shape index (κ3) is 7.06. The fraction of sp³-hybridized carbons (Fsp3) is 0.278. The van der Waals surface area contributed by atoms with Gasteiger partial charge in [-0.15, -0.1) is 0 Å². The Balaban J connectivity index is 1.67. The van der Waals surface area contributed by atoms with Crippen LogP contribution in [0, 0.1) is 5.82 Å². The van der Waals surface area contributed by atoms with Crippen LogP contribution in [0.3, 0.4) is 0 Å². The Bertz CT molecular complexity index is 1980. The monoisotopic (exact) mass is 656 g/mol. The molecule has 11 heteroatoms. The van der Waals surface area contributed by atoms with Gasteiger partial charge < -0.3 is 10.1 Å². The van der Waals surface area contributed by atoms with Crippen LogP contribution in [0.1, 0.15) is 61.6 Å². The standard InChI is InChI=1S/C36H37FN4O5S/c1-6-20-41(47(5,44)45)30-19-21-40-31(32(35(43)46-4)33(39-40)24-15-17-28(37)18-16-24)23-29(30)25-11-10-12-26(22-25)34(42)38-36(2,3)27-13-8-7-9-14-27/h7-9,12-18,21-23H,6,10-11,20H2,1-5H3,(H,38,42). The predicted molar refractivity (Wildman–Crippen MR) is 180 cm³/mol. The van der Waals surface area contributed by atoms with E-state index in [1.165, 1.54) is 46.6 Å². The van der Waals surface area contributed by atoms with E-state index in [4.69, 9.17) is 4.74 Å². The van der Waals surface area contributed by atoms with Crippen molar-refractivity contribution in [2.75, 3.05) is 19.9 Å². The zero-order valence-electron chi connectivity index (χ0n) is 27.0. The largest absolute Gasteiger partial charge is 0.465 e. The Morgan fingerprint density at radius 1 is 1.11 bits per heavy atom. The van der Waals surface area contributed by atoms with Gasteiger partial charge in [-0.05, 0) is 80.7 Å². The molecule has 0 atom stereocenters. The van der Waals surface area contributed by atoms with Gasteiger partial charge >= 0.3 is 5.97 Å². The molecular weight excluding hydrogens is 619 g/mol. The van der Waals surface area contributed by atoms with Crippen LogP contribution in [0.4, 0.5) is 4.39 Å². The molecular formula is C36H37FN4O5S. The van der Waals surface area contributed by atoms with Crippen molar-refractivity contribution < 1.29 is 27.1 Å². The van der Waals surface area contributed by atoms with Crippen LogP contribution in [0.2, 0.25) is 0 Å². The van der Waals surface area contributed by atoms with Gasteiger partial charge in [0, 0.05) is 23.3 Å². The Kier molecular flexibility index (Phi) is 9.51. The molecule has 3 aromatic rings. The molecule has 2 aromatic carbocycles. The molecule has 1 aliphatic heterocycles. The third-order valence-corrected chi connectivity index (χ3v) is 9.19. The summed E-state index contributed by atoms with van der Waals surface area (Å²) in [7, 11) is -2.51. The molecule has 0 fully saturated rings. The van der Waals surface area contributed by atoms with Crippen molar-refractivity contribution in [3.05, 3.63) is 118 Å². The highest BCUT2D eigenvalue weighted by Crippen LogP contribution is 2.37. The van der Waals surface area contributed by atoms with Crippen molar-refractivity contribution in [3.8, 4) is 11.3 Å². The molecule has 0 saturated carbocycles. The molecule has 0 unspecified atom stereocenters. The number of hydrogen-bond donors (Lipinski definition) is 1. The lowest BCUT2D eigenvalue weighted by molar-refractivity contribution is -0.118. The van der Waals surface area contributed by atoms with Gasteiger partial charge in [-0.25, -0.2) is 22.3 Å². The van der Waals surface area contributed by atoms with E-state index in [2.05, 4.69) is 16.1 Å². The number of nitrogens with zero attached hydrogens (tertiary/aromatic N) is 3. The fourth-order valence-electron chi connectivity index (χ4n) is 5.66. The Hall–Kier alpha value is -4.99. The normalized spacial score (nSPS) is 14.6. The number of allylic oxidation sites excluding steroid dienone is 2. The maximum absolute atomic E-state index is 13.8. The topological polar surface area (TPSA) is 111 Å². The summed E-state index contributed by atoms with van der Waals surface area (Å²) < 4.78 is 47.9. The summed E-state index contributed by atoms with van der Waals surface area (Å²) in [5.41, 5.74) is 6.46. The number of halogens is 1. The van der Waals surface area contributed by atoms with Crippen molar-refractivity contribution in [1.29, 1.82) is 0 Å². The molecule has 1 aliphatic carbocycles. The fourth-order valence-corrected chi connectivity index (χ4v) is 6.65. The highest BCUT2D eigenvalue weighted by molar-refractivity contribution is 7.88. The van der Waals surface area contributed by atoms with E-state index in [0.29, 0.717) is 47.2 Å². The number of carbonyl (C=O) groups excluding carboxylic acids is 2. The number of methoxy groups -OCH3 is 1. The number of fused-ring (bicyclic) bond motifs is 1. The number of aromatic nitrogens is 2. The van der Waals surface area contributed by atoms with Crippen LogP contribution in [0.15, 0.2) is 94.9 Å². The molecule has 244 valence electrons. The lowest BCUT2D eigenvalue weighted by Crippen LogP contribution is -2.41. The number of amides is 1. The Morgan fingerprint density at radius 2 is 1.81 bits per heavy atom. The molecule has 1 N–H and O–H groups in total. The average Bonchev–Trinajstić information content (AvgIpc) is 3.31. The van der Waals surface area contributed by atoms with Crippen LogP contribution in [-0.2, 0) is 25.1 Å². The van der Waals surface area contributed by atoms with Gasteiger partial charge in [0.25, 0.3) is 5.91 Å². The van der Waals surface area contributed by atoms with Crippen molar-refractivity contribution >= 4 is 34.2 Å². The molecule has 9 nitrogen and oxygen atoms in total. The van der Waals surface area contributed by atoms with Gasteiger partial charge in [0.05, 0.1) is 30.8 Å². The van der Waals surface area contributed by atoms with Crippen LogP contribution in [0.5, 0.6) is 0 Å². The van der Waals surface area contributed by atoms with E-state index in [9.17, 15) is 22.4 Å². The van der Waals surface area contributed by atoms with E-state index in [0.717, 1.165) is 11.8 Å². The van der Waals surface area contributed by atoms with Crippen LogP contribution < -0.4 is 5.32 Å². The molecule has 0 bridgehead atoms. The van der Waals surface area contributed by atoms with E-state index in [-0.39, 0.29) is 29.4 Å². The second-order valence-corrected chi connectivity index (χ2v) is 13.8. The molecule has 1 aromatic heterocycles. The van der Waals surface area contributed by atoms with Gasteiger partial charge in [0.1, 0.15) is 22.8 Å². The number of rotatable bonds is 10. The number of ether oxygens (including phenoxy) is 1. The first-order chi connectivity index (χ1) is 22.3. The second kappa shape index (κ2) is 13.4. The lowest BCUT2D eigenvalue weighted by atomic mass is 9.89. The highest BCUT2D eigenvalue weighted by Gasteiger charge is 2.31. The van der Waals surface area contributed by atoms with Crippen molar-refractivity contribution in [1.82, 2.24) is 19.4 Å². The Morgan fingerprint density at radius 3 is 2.45 bits per heavy atom. The van der Waals surface area contributed by atoms with E-state index >= 15 is 0 Å². The van der Waals surface area contributed by atoms with Gasteiger partial charge in [0.15, 0.2) is 0 Å². The zero-order chi connectivity index (χ0) is 33.9. The second-order valence-electron chi connectivity index (χ2n) is 11.9. The van der Waals surface area contributed by atoms with Crippen molar-refractivity contribution in [2.45, 2.75) is 45.6 Å². The van der Waals surface area contributed by atoms with Crippen LogP contribution in [0.25, 0.3) is 23.5 Å². The summed E-state index contributed by atoms with van der Waals surface area (Å²) >= 11 is 0. The number of carbonyl (C=O) groups is 2. The molecule has 0 radical (unpaired) electrons. The first kappa shape index (κ1) is 33.4. The first-order valence-electron chi connectivity index (χ1n) is 15.3. The van der Waals surface area contributed by atoms with Gasteiger partial charge in [-0.2, -0.15) is 5.10 Å². The summed E-state index contributed by atoms with van der Waals surface area (Å²) in [6.07, 6.45) is 9.43. The highest BCUT2D eigenvalue weighted by atomic mass is 32.2. The van der Waals surface area contributed by atoms with Crippen LogP contribution in [-0.4, -0.2) is 54.3 Å². The van der Waals surface area contributed by atoms with Crippen molar-refractivity contribution in [2.24, 2.45) is 0 Å². The average molecular weight is 657 g/mol. The minimum absolute atomic E-state index is 0.117. The van der Waals surface area contributed by atoms with Gasteiger partial charge in [-0.3, -0.25) is 9.10 Å². The molecule has 5 rings (SSSR count). The molecule has 2 heterocycles. The minimum Gasteiger partial charge on any atom is -0.465 e. The van der Waals surface area contributed by atoms with Gasteiger partial charge in [0.2, 0.25) is 10.0 Å². The molecule has 2 aliphatic rings. The number of esters is 1. The number of nitrogens with one attached hydrogen (secondary N) is 1. The summed E-state index contributed by atoms with van der Waals surface area (Å²) in [6, 6.07) is 15.2. The smallest absolute Gasteiger partial charge is 0.342 e. The molecule has 0 spiro atoms. The maximum atomic E-state index is 13.8. The van der Waals surface area contributed by atoms with E-state index in [1.807, 2.05) is 57.2 Å². The SMILES string of the molecule is CCCN(C1=C=Cn2nc(-c3ccc(F)cc3)c(C(=O)OC)c2C=C1C1=CC(C(=O)NC(C)(C)c2ccccc2)=CCC1)S(C)(=O)=O. The number of benzene rings is 2. The lowest BCUT2D eigenvalue weighted by Gasteiger charge is -2.29. The van der Waals surface area contributed by atoms with E-state index in [1.54, 1.807) is 12.2 Å². The number of sulfonamides is 1. The summed E-state index contributed by atoms with van der Waals surface area (Å²) in [4.78, 5) is 26.9. The summed E-state index contributed by atoms with van der Waals surface area (Å²) in [6.45, 7) is 5.91. The quantitative estimate of drug-likeness (QED) is 0.206. The molecule has 1 amide bonds. The maximum Gasteiger partial charge on any atom is 0.342 e. The molecule has 47 heavy (non-hydrogen) atoms. The predicted octanol–water partition coefficient (Wildman–Crippen LogP) is 6.20. The van der Waals surface area contributed by atoms with Crippen LogP contribution >= 0.6 is 0 Å². The number of hydrogen-bond acceptors (Lipinski definition) is 6. The van der Waals surface area contributed by atoms with Crippen molar-refractivity contribution in [3.63, 3.8) is 0 Å². The first-order valence-corrected chi connectivity index (χ1v) is 17.1. The summed E-state index contributed by atoms with van der Waals surface area (Å²) in [5.74, 6) is -1.39. The minimum atomic E-state index is -3.76. The third-order valence-electron chi connectivity index (χ3n) is 8.03. The Labute approximate surface area is 274 Å². The van der Waals surface area contributed by atoms with Gasteiger partial charge in [-0.1, -0.05) is 49.1 Å². The summed E-state index contributed by atoms with van der Waals surface area (Å²) in [5, 5.41) is 7.75. The van der Waals surface area contributed by atoms with E-state index < -0.39 is 27.3 Å². The molecule has 0 saturated heterocycles.